The fourth-order valence-corrected chi connectivity index (χ4v) is 2.18. The van der Waals surface area contributed by atoms with E-state index in [1.165, 1.54) is 0 Å². The van der Waals surface area contributed by atoms with E-state index in [1.807, 2.05) is 31.3 Å². The van der Waals surface area contributed by atoms with Crippen LogP contribution in [0.4, 0.5) is 11.5 Å². The maximum atomic E-state index is 5.43. The minimum Gasteiger partial charge on any atom is -0.381 e. The summed E-state index contributed by atoms with van der Waals surface area (Å²) >= 11 is 0. The number of anilines is 2. The van der Waals surface area contributed by atoms with Crippen molar-refractivity contribution in [3.05, 3.63) is 18.3 Å². The molecule has 0 aromatic carbocycles. The number of hydrogen-bond donors (Lipinski definition) is 1. The van der Waals surface area contributed by atoms with Gasteiger partial charge >= 0.3 is 0 Å². The molecule has 0 radical (unpaired) electrons. The molecule has 2 rings (SSSR count). The average Bonchev–Trinajstić information content (AvgIpc) is 2.83. The summed E-state index contributed by atoms with van der Waals surface area (Å²) in [6.07, 6.45) is 2.97. The molecule has 4 nitrogen and oxygen atoms in total. The van der Waals surface area contributed by atoms with Crippen molar-refractivity contribution in [1.29, 1.82) is 0 Å². The van der Waals surface area contributed by atoms with Crippen LogP contribution in [0.5, 0.6) is 0 Å². The van der Waals surface area contributed by atoms with Gasteiger partial charge in [0.05, 0.1) is 12.3 Å². The second-order valence-corrected chi connectivity index (χ2v) is 4.83. The van der Waals surface area contributed by atoms with Crippen molar-refractivity contribution in [1.82, 2.24) is 4.98 Å². The summed E-state index contributed by atoms with van der Waals surface area (Å²) in [5.41, 5.74) is 1.09. The van der Waals surface area contributed by atoms with Crippen molar-refractivity contribution in [2.75, 3.05) is 37.5 Å². The Kier molecular flexibility index (Phi) is 3.84. The Balaban J connectivity index is 2.06. The lowest BCUT2D eigenvalue weighted by molar-refractivity contribution is 0.183. The molecule has 2 atom stereocenters. The van der Waals surface area contributed by atoms with E-state index in [4.69, 9.17) is 4.74 Å². The summed E-state index contributed by atoms with van der Waals surface area (Å²) in [6.45, 7) is 3.97. The number of pyridine rings is 1. The maximum Gasteiger partial charge on any atom is 0.151 e. The minimum atomic E-state index is 0.417. The highest BCUT2D eigenvalue weighted by Crippen LogP contribution is 2.25. The molecule has 0 aliphatic carbocycles. The zero-order valence-electron chi connectivity index (χ0n) is 10.8. The highest BCUT2D eigenvalue weighted by molar-refractivity contribution is 5.65. The zero-order chi connectivity index (χ0) is 12.3. The van der Waals surface area contributed by atoms with Crippen LogP contribution in [0.1, 0.15) is 13.3 Å². The molecule has 17 heavy (non-hydrogen) atoms. The Morgan fingerprint density at radius 2 is 2.35 bits per heavy atom. The van der Waals surface area contributed by atoms with Crippen molar-refractivity contribution < 1.29 is 4.74 Å². The van der Waals surface area contributed by atoms with E-state index in [1.54, 1.807) is 0 Å². The molecule has 1 saturated heterocycles. The topological polar surface area (TPSA) is 37.4 Å². The van der Waals surface area contributed by atoms with E-state index in [-0.39, 0.29) is 0 Å². The van der Waals surface area contributed by atoms with E-state index in [0.717, 1.165) is 31.1 Å². The lowest BCUT2D eigenvalue weighted by Gasteiger charge is -2.23. The molecular weight excluding hydrogens is 214 g/mol. The normalized spacial score (nSPS) is 21.2. The van der Waals surface area contributed by atoms with Gasteiger partial charge in [-0.25, -0.2) is 4.98 Å². The van der Waals surface area contributed by atoms with Gasteiger partial charge in [0.25, 0.3) is 0 Å². The lowest BCUT2D eigenvalue weighted by Crippen LogP contribution is -2.27. The molecule has 1 aliphatic heterocycles. The van der Waals surface area contributed by atoms with Gasteiger partial charge in [-0.2, -0.15) is 0 Å². The summed E-state index contributed by atoms with van der Waals surface area (Å²) in [6, 6.07) is 4.46. The quantitative estimate of drug-likeness (QED) is 0.866. The first kappa shape index (κ1) is 12.2. The van der Waals surface area contributed by atoms with Crippen LogP contribution in [0.25, 0.3) is 0 Å². The van der Waals surface area contributed by atoms with Crippen molar-refractivity contribution >= 4 is 11.5 Å². The summed E-state index contributed by atoms with van der Waals surface area (Å²) in [4.78, 5) is 6.42. The minimum absolute atomic E-state index is 0.417. The Morgan fingerprint density at radius 3 is 3.00 bits per heavy atom. The van der Waals surface area contributed by atoms with Gasteiger partial charge in [-0.15, -0.1) is 0 Å². The van der Waals surface area contributed by atoms with Gasteiger partial charge in [0.2, 0.25) is 0 Å². The first-order valence-electron chi connectivity index (χ1n) is 6.15. The fraction of sp³-hybridized carbons (Fsp3) is 0.615. The third-order valence-corrected chi connectivity index (χ3v) is 3.27. The Labute approximate surface area is 103 Å². The van der Waals surface area contributed by atoms with Crippen molar-refractivity contribution in [3.8, 4) is 0 Å². The highest BCUT2D eigenvalue weighted by Gasteiger charge is 2.22. The van der Waals surface area contributed by atoms with Crippen LogP contribution in [-0.2, 0) is 4.74 Å². The van der Waals surface area contributed by atoms with Gasteiger partial charge in [-0.1, -0.05) is 0 Å². The molecule has 0 bridgehead atoms. The van der Waals surface area contributed by atoms with Gasteiger partial charge < -0.3 is 15.0 Å². The third-order valence-electron chi connectivity index (χ3n) is 3.27. The Morgan fingerprint density at radius 1 is 1.53 bits per heavy atom. The fourth-order valence-electron chi connectivity index (χ4n) is 2.18. The molecular formula is C13H21N3O. The molecule has 1 fully saturated rings. The lowest BCUT2D eigenvalue weighted by atomic mass is 10.0. The van der Waals surface area contributed by atoms with Crippen molar-refractivity contribution in [3.63, 3.8) is 0 Å². The molecule has 94 valence electrons. The van der Waals surface area contributed by atoms with Crippen LogP contribution >= 0.6 is 0 Å². The summed E-state index contributed by atoms with van der Waals surface area (Å²) in [5.74, 6) is 1.59. The standard InChI is InChI=1S/C13H21N3O/c1-10(11-6-8-17-9-11)15-12-5-4-7-14-13(12)16(2)3/h4-5,7,10-11,15H,6,8-9H2,1-3H3. The predicted molar refractivity (Wildman–Crippen MR) is 70.6 cm³/mol. The van der Waals surface area contributed by atoms with Crippen LogP contribution in [0.2, 0.25) is 0 Å². The number of nitrogens with one attached hydrogen (secondary N) is 1. The SMILES string of the molecule is CC(Nc1cccnc1N(C)C)C1CCOC1. The molecule has 4 heteroatoms. The third kappa shape index (κ3) is 2.88. The summed E-state index contributed by atoms with van der Waals surface area (Å²) < 4.78 is 5.43. The van der Waals surface area contributed by atoms with E-state index >= 15 is 0 Å². The second kappa shape index (κ2) is 5.36. The highest BCUT2D eigenvalue weighted by atomic mass is 16.5. The van der Waals surface area contributed by atoms with Gasteiger partial charge in [0, 0.05) is 38.9 Å². The zero-order valence-corrected chi connectivity index (χ0v) is 10.8. The molecule has 1 aromatic heterocycles. The molecule has 0 amide bonds. The van der Waals surface area contributed by atoms with Gasteiger partial charge in [-0.3, -0.25) is 0 Å². The second-order valence-electron chi connectivity index (χ2n) is 4.83. The van der Waals surface area contributed by atoms with E-state index in [0.29, 0.717) is 12.0 Å². The number of ether oxygens (including phenoxy) is 1. The van der Waals surface area contributed by atoms with Gasteiger partial charge in [-0.05, 0) is 25.5 Å². The molecule has 1 aliphatic rings. The van der Waals surface area contributed by atoms with Gasteiger partial charge in [0.1, 0.15) is 0 Å². The number of nitrogens with zero attached hydrogens (tertiary/aromatic N) is 2. The Hall–Kier alpha value is -1.29. The van der Waals surface area contributed by atoms with Crippen LogP contribution in [-0.4, -0.2) is 38.3 Å². The average molecular weight is 235 g/mol. The molecule has 1 aromatic rings. The largest absolute Gasteiger partial charge is 0.381 e. The monoisotopic (exact) mass is 235 g/mol. The van der Waals surface area contributed by atoms with Crippen LogP contribution < -0.4 is 10.2 Å². The van der Waals surface area contributed by atoms with Crippen LogP contribution in [0.15, 0.2) is 18.3 Å². The van der Waals surface area contributed by atoms with E-state index in [2.05, 4.69) is 23.3 Å². The van der Waals surface area contributed by atoms with Crippen LogP contribution in [0, 0.1) is 5.92 Å². The molecule has 0 spiro atoms. The first-order valence-corrected chi connectivity index (χ1v) is 6.15. The molecule has 2 unspecified atom stereocenters. The first-order chi connectivity index (χ1) is 8.18. The molecule has 0 saturated carbocycles. The summed E-state index contributed by atoms with van der Waals surface area (Å²) in [5, 5.41) is 3.55. The van der Waals surface area contributed by atoms with E-state index in [9.17, 15) is 0 Å². The van der Waals surface area contributed by atoms with E-state index < -0.39 is 0 Å². The van der Waals surface area contributed by atoms with Crippen molar-refractivity contribution in [2.45, 2.75) is 19.4 Å². The maximum absolute atomic E-state index is 5.43. The number of hydrogen-bond acceptors (Lipinski definition) is 4. The number of rotatable bonds is 4. The van der Waals surface area contributed by atoms with Gasteiger partial charge in [0.15, 0.2) is 5.82 Å². The smallest absolute Gasteiger partial charge is 0.151 e. The van der Waals surface area contributed by atoms with Crippen molar-refractivity contribution in [2.24, 2.45) is 5.92 Å². The summed E-state index contributed by atoms with van der Waals surface area (Å²) in [7, 11) is 4.02. The Bertz CT molecular complexity index is 361. The number of aromatic nitrogens is 1. The molecule has 2 heterocycles. The molecule has 1 N–H and O–H groups in total. The predicted octanol–water partition coefficient (Wildman–Crippen LogP) is 1.98. The van der Waals surface area contributed by atoms with Crippen LogP contribution in [0.3, 0.4) is 0 Å².